The molecule has 0 spiro atoms. The first-order valence-electron chi connectivity index (χ1n) is 4.80. The zero-order valence-corrected chi connectivity index (χ0v) is 9.07. The van der Waals surface area contributed by atoms with Crippen molar-refractivity contribution in [1.82, 2.24) is 10.2 Å². The summed E-state index contributed by atoms with van der Waals surface area (Å²) in [6.45, 7) is 6.88. The molecule has 74 valence electrons. The molecule has 1 unspecified atom stereocenters. The number of hydrogen-bond donors (Lipinski definition) is 1. The van der Waals surface area contributed by atoms with E-state index in [2.05, 4.69) is 23.1 Å². The van der Waals surface area contributed by atoms with Crippen LogP contribution in [0.2, 0.25) is 0 Å². The first-order chi connectivity index (χ1) is 6.34. The maximum absolute atomic E-state index is 5.18. The van der Waals surface area contributed by atoms with E-state index in [1.165, 1.54) is 13.1 Å². The minimum absolute atomic E-state index is 0.681. The highest BCUT2D eigenvalue weighted by Crippen LogP contribution is 2.05. The van der Waals surface area contributed by atoms with E-state index >= 15 is 0 Å². The van der Waals surface area contributed by atoms with Gasteiger partial charge in [-0.3, -0.25) is 4.90 Å². The summed E-state index contributed by atoms with van der Waals surface area (Å²) in [7, 11) is 0. The molecule has 0 aromatic carbocycles. The van der Waals surface area contributed by atoms with Crippen LogP contribution in [0.15, 0.2) is 0 Å². The topological polar surface area (TPSA) is 15.3 Å². The van der Waals surface area contributed by atoms with Crippen molar-refractivity contribution in [2.24, 2.45) is 0 Å². The predicted molar refractivity (Wildman–Crippen MR) is 60.1 cm³/mol. The molecule has 1 aliphatic rings. The minimum Gasteiger partial charge on any atom is -0.314 e. The van der Waals surface area contributed by atoms with Gasteiger partial charge in [-0.1, -0.05) is 5.92 Å². The Morgan fingerprint density at radius 1 is 1.69 bits per heavy atom. The van der Waals surface area contributed by atoms with Gasteiger partial charge in [0.1, 0.15) is 0 Å². The SMILES string of the molecule is C#CCSCCN1CCNCC1C. The number of nitrogens with one attached hydrogen (secondary N) is 1. The van der Waals surface area contributed by atoms with Crippen molar-refractivity contribution in [3.8, 4) is 12.3 Å². The van der Waals surface area contributed by atoms with E-state index in [1.54, 1.807) is 0 Å². The van der Waals surface area contributed by atoms with Gasteiger partial charge in [0.05, 0.1) is 5.75 Å². The summed E-state index contributed by atoms with van der Waals surface area (Å²) in [5, 5.41) is 3.39. The van der Waals surface area contributed by atoms with Crippen molar-refractivity contribution in [1.29, 1.82) is 0 Å². The molecule has 1 N–H and O–H groups in total. The van der Waals surface area contributed by atoms with Gasteiger partial charge in [-0.15, -0.1) is 18.2 Å². The highest BCUT2D eigenvalue weighted by Gasteiger charge is 2.16. The standard InChI is InChI=1S/C10H18N2S/c1-3-7-13-8-6-12-5-4-11-9-10(12)2/h1,10-11H,4-9H2,2H3. The molecule has 0 aromatic rings. The van der Waals surface area contributed by atoms with Gasteiger partial charge in [0.25, 0.3) is 0 Å². The lowest BCUT2D eigenvalue weighted by molar-refractivity contribution is 0.185. The number of nitrogens with zero attached hydrogens (tertiary/aromatic N) is 1. The van der Waals surface area contributed by atoms with E-state index in [0.29, 0.717) is 6.04 Å². The van der Waals surface area contributed by atoms with E-state index in [0.717, 1.165) is 24.6 Å². The van der Waals surface area contributed by atoms with Gasteiger partial charge < -0.3 is 5.32 Å². The van der Waals surface area contributed by atoms with Crippen LogP contribution in [-0.2, 0) is 0 Å². The molecule has 1 heterocycles. The van der Waals surface area contributed by atoms with Gasteiger partial charge in [0.15, 0.2) is 0 Å². The normalized spacial score (nSPS) is 24.2. The van der Waals surface area contributed by atoms with Crippen LogP contribution in [0.5, 0.6) is 0 Å². The van der Waals surface area contributed by atoms with Crippen LogP contribution in [0.1, 0.15) is 6.92 Å². The Morgan fingerprint density at radius 3 is 3.23 bits per heavy atom. The van der Waals surface area contributed by atoms with E-state index in [-0.39, 0.29) is 0 Å². The van der Waals surface area contributed by atoms with Crippen LogP contribution >= 0.6 is 11.8 Å². The molecule has 1 aliphatic heterocycles. The quantitative estimate of drug-likeness (QED) is 0.527. The first kappa shape index (κ1) is 10.9. The molecule has 0 bridgehead atoms. The van der Waals surface area contributed by atoms with Crippen LogP contribution < -0.4 is 5.32 Å². The second-order valence-electron chi connectivity index (χ2n) is 3.35. The summed E-state index contributed by atoms with van der Waals surface area (Å²) in [6.07, 6.45) is 5.18. The van der Waals surface area contributed by atoms with Gasteiger partial charge in [0, 0.05) is 38.0 Å². The molecule has 0 saturated carbocycles. The van der Waals surface area contributed by atoms with E-state index in [4.69, 9.17) is 6.42 Å². The summed E-state index contributed by atoms with van der Waals surface area (Å²) in [5.41, 5.74) is 0. The van der Waals surface area contributed by atoms with Crippen LogP contribution in [0, 0.1) is 12.3 Å². The van der Waals surface area contributed by atoms with Crippen LogP contribution in [0.3, 0.4) is 0 Å². The predicted octanol–water partition coefficient (Wildman–Crippen LogP) is 0.646. The number of hydrogen-bond acceptors (Lipinski definition) is 3. The minimum atomic E-state index is 0.681. The third kappa shape index (κ3) is 4.04. The Balaban J connectivity index is 2.09. The van der Waals surface area contributed by atoms with Crippen LogP contribution in [-0.4, -0.2) is 48.6 Å². The molecular weight excluding hydrogens is 180 g/mol. The van der Waals surface area contributed by atoms with E-state index < -0.39 is 0 Å². The molecule has 3 heteroatoms. The van der Waals surface area contributed by atoms with Gasteiger partial charge in [-0.05, 0) is 6.92 Å². The highest BCUT2D eigenvalue weighted by molar-refractivity contribution is 7.99. The zero-order valence-electron chi connectivity index (χ0n) is 8.25. The Kier molecular flexibility index (Phi) is 5.29. The van der Waals surface area contributed by atoms with Gasteiger partial charge >= 0.3 is 0 Å². The largest absolute Gasteiger partial charge is 0.314 e. The molecule has 2 nitrogen and oxygen atoms in total. The lowest BCUT2D eigenvalue weighted by atomic mass is 10.2. The van der Waals surface area contributed by atoms with E-state index in [9.17, 15) is 0 Å². The fraction of sp³-hybridized carbons (Fsp3) is 0.800. The molecule has 0 radical (unpaired) electrons. The average molecular weight is 198 g/mol. The molecule has 1 saturated heterocycles. The second kappa shape index (κ2) is 6.31. The maximum Gasteiger partial charge on any atom is 0.0545 e. The second-order valence-corrected chi connectivity index (χ2v) is 4.45. The molecule has 1 atom stereocenters. The third-order valence-corrected chi connectivity index (χ3v) is 3.19. The third-order valence-electron chi connectivity index (χ3n) is 2.35. The smallest absolute Gasteiger partial charge is 0.0545 e. The van der Waals surface area contributed by atoms with Crippen molar-refractivity contribution in [3.63, 3.8) is 0 Å². The van der Waals surface area contributed by atoms with Gasteiger partial charge in [-0.25, -0.2) is 0 Å². The van der Waals surface area contributed by atoms with Crippen molar-refractivity contribution >= 4 is 11.8 Å². The Morgan fingerprint density at radius 2 is 2.54 bits per heavy atom. The number of piperazine rings is 1. The first-order valence-corrected chi connectivity index (χ1v) is 5.96. The average Bonchev–Trinajstić information content (AvgIpc) is 2.15. The maximum atomic E-state index is 5.18. The Hall–Kier alpha value is -0.170. The van der Waals surface area contributed by atoms with Crippen LogP contribution in [0.25, 0.3) is 0 Å². The lowest BCUT2D eigenvalue weighted by Crippen LogP contribution is -2.50. The molecule has 13 heavy (non-hydrogen) atoms. The van der Waals surface area contributed by atoms with E-state index in [1.807, 2.05) is 11.8 Å². The number of terminal acetylenes is 1. The van der Waals surface area contributed by atoms with Crippen molar-refractivity contribution in [2.75, 3.05) is 37.7 Å². The van der Waals surface area contributed by atoms with Crippen molar-refractivity contribution in [2.45, 2.75) is 13.0 Å². The van der Waals surface area contributed by atoms with Crippen molar-refractivity contribution < 1.29 is 0 Å². The summed E-state index contributed by atoms with van der Waals surface area (Å²) in [4.78, 5) is 2.53. The summed E-state index contributed by atoms with van der Waals surface area (Å²) in [6, 6.07) is 0.681. The zero-order chi connectivity index (χ0) is 9.52. The summed E-state index contributed by atoms with van der Waals surface area (Å²) < 4.78 is 0. The summed E-state index contributed by atoms with van der Waals surface area (Å²) in [5.74, 6) is 4.66. The van der Waals surface area contributed by atoms with Gasteiger partial charge in [-0.2, -0.15) is 0 Å². The lowest BCUT2D eigenvalue weighted by Gasteiger charge is -2.33. The summed E-state index contributed by atoms with van der Waals surface area (Å²) >= 11 is 1.85. The fourth-order valence-corrected chi connectivity index (χ4v) is 2.15. The molecule has 0 aromatic heterocycles. The van der Waals surface area contributed by atoms with Crippen molar-refractivity contribution in [3.05, 3.63) is 0 Å². The molecule has 0 amide bonds. The van der Waals surface area contributed by atoms with Crippen LogP contribution in [0.4, 0.5) is 0 Å². The molecule has 1 rings (SSSR count). The monoisotopic (exact) mass is 198 g/mol. The molecule has 1 fully saturated rings. The van der Waals surface area contributed by atoms with Gasteiger partial charge in [0.2, 0.25) is 0 Å². The Labute approximate surface area is 85.4 Å². The number of rotatable bonds is 4. The Bertz CT molecular complexity index is 176. The highest BCUT2D eigenvalue weighted by atomic mass is 32.2. The molecule has 0 aliphatic carbocycles. The molecular formula is C10H18N2S. The fourth-order valence-electron chi connectivity index (χ4n) is 1.53. The number of thioether (sulfide) groups is 1.